The molecule has 3 aromatic rings. The number of carbonyl (C=O) groups is 2. The lowest BCUT2D eigenvalue weighted by Gasteiger charge is -2.15. The molecule has 2 amide bonds. The van der Waals surface area contributed by atoms with Crippen molar-refractivity contribution in [1.29, 1.82) is 0 Å². The van der Waals surface area contributed by atoms with E-state index >= 15 is 0 Å². The van der Waals surface area contributed by atoms with E-state index in [4.69, 9.17) is 9.47 Å². The molecule has 0 atom stereocenters. The van der Waals surface area contributed by atoms with Gasteiger partial charge in [-0.05, 0) is 48.9 Å². The normalized spacial score (nSPS) is 13.5. The number of hydrogen-bond donors (Lipinski definition) is 1. The summed E-state index contributed by atoms with van der Waals surface area (Å²) in [5, 5.41) is 3.14. The van der Waals surface area contributed by atoms with Crippen LogP contribution in [0, 0.1) is 0 Å². The molecule has 0 saturated carbocycles. The van der Waals surface area contributed by atoms with Crippen molar-refractivity contribution in [2.45, 2.75) is 13.5 Å². The molecule has 2 heterocycles. The Morgan fingerprint density at radius 2 is 1.69 bits per heavy atom. The molecule has 1 aromatic heterocycles. The number of pyridine rings is 1. The molecule has 0 fully saturated rings. The van der Waals surface area contributed by atoms with Crippen LogP contribution in [0.2, 0.25) is 0 Å². The summed E-state index contributed by atoms with van der Waals surface area (Å²) in [4.78, 5) is 32.2. The number of imide groups is 1. The first-order valence-corrected chi connectivity index (χ1v) is 10.3. The van der Waals surface area contributed by atoms with E-state index in [1.165, 1.54) is 4.90 Å². The Balaban J connectivity index is 1.75. The number of aromatic nitrogens is 1. The van der Waals surface area contributed by atoms with Crippen LogP contribution in [0.25, 0.3) is 5.57 Å². The van der Waals surface area contributed by atoms with E-state index in [-0.39, 0.29) is 18.1 Å². The topological polar surface area (TPSA) is 80.8 Å². The van der Waals surface area contributed by atoms with E-state index in [2.05, 4.69) is 10.3 Å². The zero-order valence-corrected chi connectivity index (χ0v) is 17.9. The maximum absolute atomic E-state index is 13.4. The van der Waals surface area contributed by atoms with E-state index in [1.54, 1.807) is 61.8 Å². The average molecular weight is 429 g/mol. The van der Waals surface area contributed by atoms with Gasteiger partial charge in [0.25, 0.3) is 11.8 Å². The number of nitrogens with one attached hydrogen (secondary N) is 1. The van der Waals surface area contributed by atoms with Crippen LogP contribution in [-0.4, -0.2) is 35.4 Å². The predicted octanol–water partition coefficient (Wildman–Crippen LogP) is 3.88. The van der Waals surface area contributed by atoms with E-state index in [0.717, 1.165) is 0 Å². The molecule has 7 nitrogen and oxygen atoms in total. The van der Waals surface area contributed by atoms with Crippen LogP contribution in [0.3, 0.4) is 0 Å². The molecular weight excluding hydrogens is 406 g/mol. The molecule has 2 aromatic carbocycles. The quantitative estimate of drug-likeness (QED) is 0.548. The maximum atomic E-state index is 13.4. The van der Waals surface area contributed by atoms with Crippen LogP contribution in [0.1, 0.15) is 18.2 Å². The Morgan fingerprint density at radius 3 is 2.38 bits per heavy atom. The van der Waals surface area contributed by atoms with Crippen LogP contribution >= 0.6 is 0 Å². The van der Waals surface area contributed by atoms with Gasteiger partial charge in [-0.2, -0.15) is 0 Å². The number of ether oxygens (including phenoxy) is 2. The summed E-state index contributed by atoms with van der Waals surface area (Å²) in [7, 11) is 1.55. The van der Waals surface area contributed by atoms with Crippen LogP contribution in [0.5, 0.6) is 11.5 Å². The molecule has 1 N–H and O–H groups in total. The zero-order valence-electron chi connectivity index (χ0n) is 17.9. The Bertz CT molecular complexity index is 1160. The second-order valence-electron chi connectivity index (χ2n) is 7.05. The van der Waals surface area contributed by atoms with Crippen molar-refractivity contribution >= 4 is 23.1 Å². The Hall–Kier alpha value is -4.13. The molecule has 7 heteroatoms. The lowest BCUT2D eigenvalue weighted by Crippen LogP contribution is -2.32. The zero-order chi connectivity index (χ0) is 22.5. The summed E-state index contributed by atoms with van der Waals surface area (Å²) < 4.78 is 10.9. The van der Waals surface area contributed by atoms with Gasteiger partial charge in [0.2, 0.25) is 0 Å². The van der Waals surface area contributed by atoms with Crippen LogP contribution < -0.4 is 14.8 Å². The van der Waals surface area contributed by atoms with Crippen molar-refractivity contribution in [1.82, 2.24) is 9.88 Å². The van der Waals surface area contributed by atoms with Gasteiger partial charge in [-0.25, -0.2) is 0 Å². The number of nitrogens with zero attached hydrogens (tertiary/aromatic N) is 2. The van der Waals surface area contributed by atoms with Crippen molar-refractivity contribution in [2.75, 3.05) is 19.0 Å². The number of rotatable bonds is 8. The fourth-order valence-corrected chi connectivity index (χ4v) is 3.52. The van der Waals surface area contributed by atoms with Crippen LogP contribution in [-0.2, 0) is 16.1 Å². The smallest absolute Gasteiger partial charge is 0.278 e. The van der Waals surface area contributed by atoms with Crippen molar-refractivity contribution < 1.29 is 19.1 Å². The SMILES string of the molecule is CCOc1ccc(C2=C(Nc3ccccc3OC)C(=O)N(Cc3ccccn3)C2=O)cc1. The number of carbonyl (C=O) groups excluding carboxylic acids is 2. The molecule has 0 spiro atoms. The first-order chi connectivity index (χ1) is 15.6. The van der Waals surface area contributed by atoms with Gasteiger partial charge in [-0.15, -0.1) is 0 Å². The first kappa shape index (κ1) is 21.1. The minimum atomic E-state index is -0.421. The van der Waals surface area contributed by atoms with E-state index in [9.17, 15) is 9.59 Å². The fraction of sp³-hybridized carbons (Fsp3) is 0.160. The van der Waals surface area contributed by atoms with Crippen LogP contribution in [0.4, 0.5) is 5.69 Å². The first-order valence-electron chi connectivity index (χ1n) is 10.3. The summed E-state index contributed by atoms with van der Waals surface area (Å²) in [5.41, 5.74) is 2.32. The van der Waals surface area contributed by atoms with Gasteiger partial charge in [0.1, 0.15) is 17.2 Å². The molecule has 162 valence electrons. The van der Waals surface area contributed by atoms with Crippen molar-refractivity contribution in [3.63, 3.8) is 0 Å². The van der Waals surface area contributed by atoms with Gasteiger partial charge in [0.15, 0.2) is 0 Å². The molecule has 4 rings (SSSR count). The Morgan fingerprint density at radius 1 is 0.938 bits per heavy atom. The number of amides is 2. The highest BCUT2D eigenvalue weighted by atomic mass is 16.5. The maximum Gasteiger partial charge on any atom is 0.278 e. The largest absolute Gasteiger partial charge is 0.495 e. The van der Waals surface area contributed by atoms with E-state index in [1.807, 2.05) is 25.1 Å². The number of anilines is 1. The molecule has 0 aliphatic carbocycles. The lowest BCUT2D eigenvalue weighted by atomic mass is 10.0. The molecule has 32 heavy (non-hydrogen) atoms. The summed E-state index contributed by atoms with van der Waals surface area (Å²) in [5.74, 6) is 0.449. The van der Waals surface area contributed by atoms with Gasteiger partial charge in [-0.1, -0.05) is 30.3 Å². The van der Waals surface area contributed by atoms with E-state index in [0.29, 0.717) is 40.6 Å². The number of methoxy groups -OCH3 is 1. The average Bonchev–Trinajstić information content (AvgIpc) is 3.05. The molecule has 0 unspecified atom stereocenters. The lowest BCUT2D eigenvalue weighted by molar-refractivity contribution is -0.137. The number of benzene rings is 2. The molecule has 1 aliphatic heterocycles. The van der Waals surface area contributed by atoms with Crippen molar-refractivity contribution in [3.05, 3.63) is 89.9 Å². The molecule has 0 saturated heterocycles. The Kier molecular flexibility index (Phi) is 6.17. The van der Waals surface area contributed by atoms with Gasteiger partial charge >= 0.3 is 0 Å². The highest BCUT2D eigenvalue weighted by Gasteiger charge is 2.39. The predicted molar refractivity (Wildman–Crippen MR) is 121 cm³/mol. The monoisotopic (exact) mass is 429 g/mol. The van der Waals surface area contributed by atoms with Gasteiger partial charge < -0.3 is 14.8 Å². The van der Waals surface area contributed by atoms with Crippen molar-refractivity contribution in [3.8, 4) is 11.5 Å². The second kappa shape index (κ2) is 9.34. The standard InChI is InChI=1S/C25H23N3O4/c1-3-32-19-13-11-17(12-14-19)22-23(27-20-9-4-5-10-21(20)31-2)25(30)28(24(22)29)16-18-8-6-7-15-26-18/h4-15,27H,3,16H2,1-2H3. The number of para-hydroxylation sites is 2. The summed E-state index contributed by atoms with van der Waals surface area (Å²) in [6.45, 7) is 2.52. The minimum absolute atomic E-state index is 0.0795. The third-order valence-electron chi connectivity index (χ3n) is 5.03. The van der Waals surface area contributed by atoms with E-state index < -0.39 is 5.91 Å². The van der Waals surface area contributed by atoms with Gasteiger partial charge in [0.05, 0.1) is 37.2 Å². The molecule has 1 aliphatic rings. The molecule has 0 radical (unpaired) electrons. The third kappa shape index (κ3) is 4.18. The van der Waals surface area contributed by atoms with Gasteiger partial charge in [0, 0.05) is 6.20 Å². The highest BCUT2D eigenvalue weighted by molar-refractivity contribution is 6.36. The molecule has 0 bridgehead atoms. The summed E-state index contributed by atoms with van der Waals surface area (Å²) in [6, 6.07) is 19.7. The third-order valence-corrected chi connectivity index (χ3v) is 5.03. The van der Waals surface area contributed by atoms with Gasteiger partial charge in [-0.3, -0.25) is 19.5 Å². The highest BCUT2D eigenvalue weighted by Crippen LogP contribution is 2.34. The number of hydrogen-bond acceptors (Lipinski definition) is 6. The van der Waals surface area contributed by atoms with Crippen molar-refractivity contribution in [2.24, 2.45) is 0 Å². The van der Waals surface area contributed by atoms with Crippen LogP contribution in [0.15, 0.2) is 78.6 Å². The fourth-order valence-electron chi connectivity index (χ4n) is 3.52. The molecular formula is C25H23N3O4. The summed E-state index contributed by atoms with van der Waals surface area (Å²) in [6.07, 6.45) is 1.63. The minimum Gasteiger partial charge on any atom is -0.495 e. The summed E-state index contributed by atoms with van der Waals surface area (Å²) >= 11 is 0. The Labute approximate surface area is 186 Å². The second-order valence-corrected chi connectivity index (χ2v) is 7.05.